The van der Waals surface area contributed by atoms with Gasteiger partial charge in [0.25, 0.3) is 5.91 Å². The average molecular weight is 311 g/mol. The number of amides is 1. The molecule has 0 saturated carbocycles. The first kappa shape index (κ1) is 16.0. The Morgan fingerprint density at radius 2 is 2.14 bits per heavy atom. The van der Waals surface area contributed by atoms with Crippen LogP contribution in [0, 0.1) is 0 Å². The van der Waals surface area contributed by atoms with E-state index < -0.39 is 0 Å². The lowest BCUT2D eigenvalue weighted by Crippen LogP contribution is -2.41. The third-order valence-electron chi connectivity index (χ3n) is 3.53. The molecule has 1 unspecified atom stereocenters. The van der Waals surface area contributed by atoms with Gasteiger partial charge in [-0.15, -0.1) is 0 Å². The van der Waals surface area contributed by atoms with Crippen LogP contribution in [0.25, 0.3) is 0 Å². The molecule has 1 aliphatic rings. The number of rotatable bonds is 6. The van der Waals surface area contributed by atoms with E-state index in [9.17, 15) is 4.79 Å². The topological polar surface area (TPSA) is 57.3 Å². The zero-order valence-corrected chi connectivity index (χ0v) is 13.4. The molecule has 5 nitrogen and oxygen atoms in total. The number of nitrogens with zero attached hydrogens (tertiary/aromatic N) is 2. The second-order valence-electron chi connectivity index (χ2n) is 5.44. The highest BCUT2D eigenvalue weighted by molar-refractivity contribution is 6.33. The number of nitrogens with one attached hydrogen (secondary N) is 2. The summed E-state index contributed by atoms with van der Waals surface area (Å²) < 4.78 is 0. The third kappa shape index (κ3) is 4.58. The highest BCUT2D eigenvalue weighted by Gasteiger charge is 2.19. The van der Waals surface area contributed by atoms with Gasteiger partial charge in [0, 0.05) is 19.1 Å². The minimum absolute atomic E-state index is 0.0799. The van der Waals surface area contributed by atoms with Crippen LogP contribution >= 0.6 is 11.6 Å². The molecule has 21 heavy (non-hydrogen) atoms. The Bertz CT molecular complexity index is 489. The zero-order chi connectivity index (χ0) is 15.2. The van der Waals surface area contributed by atoms with Crippen LogP contribution < -0.4 is 10.6 Å². The van der Waals surface area contributed by atoms with Crippen molar-refractivity contribution in [2.24, 2.45) is 0 Å². The first-order chi connectivity index (χ1) is 10.1. The summed E-state index contributed by atoms with van der Waals surface area (Å²) in [6.45, 7) is 7.86. The number of anilines is 1. The lowest BCUT2D eigenvalue weighted by atomic mass is 10.2. The number of hydrogen-bond acceptors (Lipinski definition) is 4. The lowest BCUT2D eigenvalue weighted by Gasteiger charge is -2.21. The summed E-state index contributed by atoms with van der Waals surface area (Å²) in [5.74, 6) is 0.450. The molecule has 1 aliphatic heterocycles. The van der Waals surface area contributed by atoms with Crippen LogP contribution in [0.4, 0.5) is 5.82 Å². The van der Waals surface area contributed by atoms with Crippen LogP contribution in [0.2, 0.25) is 5.02 Å². The number of carbonyl (C=O) groups excluding carboxylic acids is 1. The van der Waals surface area contributed by atoms with Gasteiger partial charge < -0.3 is 15.5 Å². The van der Waals surface area contributed by atoms with E-state index in [0.717, 1.165) is 26.2 Å². The highest BCUT2D eigenvalue weighted by atomic mass is 35.5. The smallest absolute Gasteiger partial charge is 0.271 e. The van der Waals surface area contributed by atoms with Crippen molar-refractivity contribution in [3.05, 3.63) is 22.8 Å². The number of pyridine rings is 1. The molecule has 116 valence electrons. The summed E-state index contributed by atoms with van der Waals surface area (Å²) in [6.07, 6.45) is 2.50. The van der Waals surface area contributed by atoms with Crippen LogP contribution in [0.3, 0.4) is 0 Å². The van der Waals surface area contributed by atoms with Gasteiger partial charge in [-0.3, -0.25) is 4.79 Å². The Kier molecular flexibility index (Phi) is 5.82. The molecule has 0 bridgehead atoms. The largest absolute Gasteiger partial charge is 0.370 e. The molecule has 1 aromatic heterocycles. The first-order valence-electron chi connectivity index (χ1n) is 7.53. The van der Waals surface area contributed by atoms with E-state index in [-0.39, 0.29) is 17.6 Å². The minimum Gasteiger partial charge on any atom is -0.370 e. The van der Waals surface area contributed by atoms with Crippen molar-refractivity contribution < 1.29 is 4.79 Å². The number of halogens is 1. The molecule has 2 rings (SSSR count). The van der Waals surface area contributed by atoms with Gasteiger partial charge >= 0.3 is 0 Å². The van der Waals surface area contributed by atoms with Crippen LogP contribution in [-0.4, -0.2) is 48.0 Å². The molecule has 0 radical (unpaired) electrons. The van der Waals surface area contributed by atoms with Gasteiger partial charge in [0.05, 0.1) is 5.02 Å². The Morgan fingerprint density at radius 1 is 1.43 bits per heavy atom. The number of carbonyl (C=O) groups is 1. The minimum atomic E-state index is -0.216. The molecule has 1 fully saturated rings. The van der Waals surface area contributed by atoms with Crippen molar-refractivity contribution in [3.63, 3.8) is 0 Å². The lowest BCUT2D eigenvalue weighted by molar-refractivity contribution is 0.0927. The number of aromatic nitrogens is 1. The third-order valence-corrected chi connectivity index (χ3v) is 3.83. The molecule has 1 aromatic rings. The van der Waals surface area contributed by atoms with E-state index in [0.29, 0.717) is 10.8 Å². The summed E-state index contributed by atoms with van der Waals surface area (Å²) >= 11 is 6.08. The highest BCUT2D eigenvalue weighted by Crippen LogP contribution is 2.17. The van der Waals surface area contributed by atoms with Gasteiger partial charge in [-0.05, 0) is 51.9 Å². The summed E-state index contributed by atoms with van der Waals surface area (Å²) in [5, 5.41) is 6.44. The van der Waals surface area contributed by atoms with Crippen molar-refractivity contribution in [1.82, 2.24) is 15.2 Å². The van der Waals surface area contributed by atoms with Crippen molar-refractivity contribution >= 4 is 23.3 Å². The second kappa shape index (κ2) is 7.61. The van der Waals surface area contributed by atoms with Crippen LogP contribution in [0.1, 0.15) is 37.2 Å². The van der Waals surface area contributed by atoms with Crippen molar-refractivity contribution in [2.75, 3.05) is 31.5 Å². The van der Waals surface area contributed by atoms with E-state index >= 15 is 0 Å². The monoisotopic (exact) mass is 310 g/mol. The molecule has 0 aromatic carbocycles. The fourth-order valence-electron chi connectivity index (χ4n) is 2.57. The molecule has 2 heterocycles. The quantitative estimate of drug-likeness (QED) is 0.847. The van der Waals surface area contributed by atoms with Crippen molar-refractivity contribution in [2.45, 2.75) is 32.7 Å². The molecule has 2 N–H and O–H groups in total. The maximum atomic E-state index is 12.3. The van der Waals surface area contributed by atoms with E-state index in [2.05, 4.69) is 20.5 Å². The zero-order valence-electron chi connectivity index (χ0n) is 12.7. The predicted molar refractivity (Wildman–Crippen MR) is 86.0 cm³/mol. The summed E-state index contributed by atoms with van der Waals surface area (Å²) in [5.41, 5.74) is 0.281. The molecule has 0 aliphatic carbocycles. The maximum absolute atomic E-state index is 12.3. The number of likely N-dealkylation sites (tertiary alicyclic amines) is 1. The summed E-state index contributed by atoms with van der Waals surface area (Å²) in [4.78, 5) is 19.0. The van der Waals surface area contributed by atoms with E-state index in [1.807, 2.05) is 13.8 Å². The average Bonchev–Trinajstić information content (AvgIpc) is 2.93. The molecule has 1 amide bonds. The Labute approximate surface area is 131 Å². The maximum Gasteiger partial charge on any atom is 0.271 e. The van der Waals surface area contributed by atoms with E-state index in [1.165, 1.54) is 12.8 Å². The van der Waals surface area contributed by atoms with Gasteiger partial charge in [-0.1, -0.05) is 11.6 Å². The summed E-state index contributed by atoms with van der Waals surface area (Å²) in [6, 6.07) is 3.55. The van der Waals surface area contributed by atoms with Gasteiger partial charge in [-0.25, -0.2) is 4.98 Å². The Balaban J connectivity index is 1.96. The van der Waals surface area contributed by atoms with Gasteiger partial charge in [0.15, 0.2) is 0 Å². The number of hydrogen-bond donors (Lipinski definition) is 2. The van der Waals surface area contributed by atoms with E-state index in [4.69, 9.17) is 11.6 Å². The molecule has 0 spiro atoms. The van der Waals surface area contributed by atoms with Crippen LogP contribution in [0.15, 0.2) is 12.1 Å². The predicted octanol–water partition coefficient (Wildman–Crippen LogP) is 2.38. The van der Waals surface area contributed by atoms with Crippen molar-refractivity contribution in [3.8, 4) is 0 Å². The van der Waals surface area contributed by atoms with Gasteiger partial charge in [0.2, 0.25) is 0 Å². The molecular weight excluding hydrogens is 288 g/mol. The van der Waals surface area contributed by atoms with Gasteiger partial charge in [0.1, 0.15) is 11.5 Å². The fraction of sp³-hybridized carbons (Fsp3) is 0.600. The van der Waals surface area contributed by atoms with Crippen molar-refractivity contribution in [1.29, 1.82) is 0 Å². The molecular formula is C15H23ClN4O. The summed E-state index contributed by atoms with van der Waals surface area (Å²) in [7, 11) is 0. The Morgan fingerprint density at radius 3 is 2.81 bits per heavy atom. The molecule has 1 atom stereocenters. The molecule has 6 heteroatoms. The fourth-order valence-corrected chi connectivity index (χ4v) is 2.76. The first-order valence-corrected chi connectivity index (χ1v) is 7.91. The van der Waals surface area contributed by atoms with Crippen LogP contribution in [0.5, 0.6) is 0 Å². The SMILES string of the molecule is CCNc1ccc(Cl)c(C(=O)NC(C)CN2CCCC2)n1. The second-order valence-corrected chi connectivity index (χ2v) is 5.85. The van der Waals surface area contributed by atoms with E-state index in [1.54, 1.807) is 12.1 Å². The van der Waals surface area contributed by atoms with Gasteiger partial charge in [-0.2, -0.15) is 0 Å². The normalized spacial score (nSPS) is 16.7. The Hall–Kier alpha value is -1.33. The van der Waals surface area contributed by atoms with Crippen LogP contribution in [-0.2, 0) is 0 Å². The molecule has 1 saturated heterocycles. The standard InChI is InChI=1S/C15H23ClN4O/c1-3-17-13-7-6-12(16)14(19-13)15(21)18-11(2)10-20-8-4-5-9-20/h6-7,11H,3-5,8-10H2,1-2H3,(H,17,19)(H,18,21).